The zero-order chi connectivity index (χ0) is 11.5. The Bertz CT molecular complexity index is 194. The van der Waals surface area contributed by atoms with E-state index in [0.29, 0.717) is 0 Å². The molecular formula is C12H26N2O. The van der Waals surface area contributed by atoms with Crippen LogP contribution in [0.15, 0.2) is 0 Å². The number of hydrogen-bond donors (Lipinski definition) is 1. The van der Waals surface area contributed by atoms with E-state index in [0.717, 1.165) is 19.0 Å². The molecule has 1 N–H and O–H groups in total. The molecule has 15 heavy (non-hydrogen) atoms. The van der Waals surface area contributed by atoms with Crippen LogP contribution < -0.4 is 0 Å². The van der Waals surface area contributed by atoms with E-state index in [-0.39, 0.29) is 12.0 Å². The maximum Gasteiger partial charge on any atom is 0.0494 e. The average Bonchev–Trinajstić information content (AvgIpc) is 2.50. The second kappa shape index (κ2) is 5.28. The molecule has 1 heterocycles. The fraction of sp³-hybridized carbons (Fsp3) is 1.00. The molecule has 0 saturated carbocycles. The molecular weight excluding hydrogens is 188 g/mol. The molecule has 3 nitrogen and oxygen atoms in total. The normalized spacial score (nSPS) is 24.0. The molecule has 1 unspecified atom stereocenters. The van der Waals surface area contributed by atoms with Crippen LogP contribution in [0.3, 0.4) is 0 Å². The molecule has 0 spiro atoms. The lowest BCUT2D eigenvalue weighted by atomic mass is 9.94. The lowest BCUT2D eigenvalue weighted by Crippen LogP contribution is -2.37. The largest absolute Gasteiger partial charge is 0.396 e. The zero-order valence-corrected chi connectivity index (χ0v) is 10.7. The molecule has 1 atom stereocenters. The molecule has 1 aliphatic rings. The summed E-state index contributed by atoms with van der Waals surface area (Å²) in [6.45, 7) is 9.10. The van der Waals surface area contributed by atoms with Crippen molar-refractivity contribution in [1.82, 2.24) is 9.80 Å². The number of aliphatic hydroxyl groups is 1. The van der Waals surface area contributed by atoms with Crippen molar-refractivity contribution in [2.24, 2.45) is 11.3 Å². The fourth-order valence-electron chi connectivity index (χ4n) is 2.46. The van der Waals surface area contributed by atoms with Gasteiger partial charge in [0.2, 0.25) is 0 Å². The van der Waals surface area contributed by atoms with Crippen LogP contribution in [0.4, 0.5) is 0 Å². The molecule has 0 aliphatic carbocycles. The number of nitrogens with zero attached hydrogens (tertiary/aromatic N) is 2. The van der Waals surface area contributed by atoms with Gasteiger partial charge in [0.1, 0.15) is 0 Å². The van der Waals surface area contributed by atoms with Crippen LogP contribution in [0.5, 0.6) is 0 Å². The molecule has 0 amide bonds. The first-order valence-electron chi connectivity index (χ1n) is 5.91. The van der Waals surface area contributed by atoms with E-state index in [1.807, 2.05) is 0 Å². The molecule has 0 aromatic carbocycles. The number of likely N-dealkylation sites (tertiary alicyclic amines) is 1. The summed E-state index contributed by atoms with van der Waals surface area (Å²) in [4.78, 5) is 4.76. The Hall–Kier alpha value is -0.120. The van der Waals surface area contributed by atoms with Gasteiger partial charge in [0.25, 0.3) is 0 Å². The molecule has 0 bridgehead atoms. The standard InChI is InChI=1S/C12H26N2O/c1-12(2,10-15)9-14(4)8-11-5-6-13(3)7-11/h11,15H,5-10H2,1-4H3. The summed E-state index contributed by atoms with van der Waals surface area (Å²) < 4.78 is 0. The predicted molar refractivity (Wildman–Crippen MR) is 64.0 cm³/mol. The third-order valence-corrected chi connectivity index (χ3v) is 3.18. The van der Waals surface area contributed by atoms with Crippen molar-refractivity contribution in [2.45, 2.75) is 20.3 Å². The van der Waals surface area contributed by atoms with Gasteiger partial charge in [-0.3, -0.25) is 0 Å². The van der Waals surface area contributed by atoms with Crippen LogP contribution in [0.25, 0.3) is 0 Å². The maximum absolute atomic E-state index is 9.21. The summed E-state index contributed by atoms with van der Waals surface area (Å²) in [5, 5.41) is 9.21. The highest BCUT2D eigenvalue weighted by molar-refractivity contribution is 4.78. The molecule has 1 rings (SSSR count). The van der Waals surface area contributed by atoms with Crippen molar-refractivity contribution >= 4 is 0 Å². The quantitative estimate of drug-likeness (QED) is 0.736. The fourth-order valence-corrected chi connectivity index (χ4v) is 2.46. The Morgan fingerprint density at radius 3 is 2.60 bits per heavy atom. The SMILES string of the molecule is CN1CCC(CN(C)CC(C)(C)CO)C1. The molecule has 0 radical (unpaired) electrons. The summed E-state index contributed by atoms with van der Waals surface area (Å²) in [5.41, 5.74) is 0.0270. The van der Waals surface area contributed by atoms with Gasteiger partial charge in [0.05, 0.1) is 0 Å². The molecule has 0 aromatic rings. The monoisotopic (exact) mass is 214 g/mol. The second-order valence-electron chi connectivity index (χ2n) is 5.94. The van der Waals surface area contributed by atoms with Gasteiger partial charge >= 0.3 is 0 Å². The minimum atomic E-state index is 0.0270. The van der Waals surface area contributed by atoms with E-state index in [2.05, 4.69) is 37.7 Å². The third-order valence-electron chi connectivity index (χ3n) is 3.18. The number of rotatable bonds is 5. The highest BCUT2D eigenvalue weighted by Gasteiger charge is 2.24. The summed E-state index contributed by atoms with van der Waals surface area (Å²) in [6, 6.07) is 0. The van der Waals surface area contributed by atoms with Gasteiger partial charge in [-0.2, -0.15) is 0 Å². The van der Waals surface area contributed by atoms with Crippen LogP contribution in [0.1, 0.15) is 20.3 Å². The second-order valence-corrected chi connectivity index (χ2v) is 5.94. The minimum Gasteiger partial charge on any atom is -0.396 e. The van der Waals surface area contributed by atoms with Crippen molar-refractivity contribution in [3.8, 4) is 0 Å². The summed E-state index contributed by atoms with van der Waals surface area (Å²) >= 11 is 0. The van der Waals surface area contributed by atoms with E-state index in [1.54, 1.807) is 0 Å². The highest BCUT2D eigenvalue weighted by Crippen LogP contribution is 2.19. The molecule has 90 valence electrons. The van der Waals surface area contributed by atoms with Gasteiger partial charge in [-0.1, -0.05) is 13.8 Å². The van der Waals surface area contributed by atoms with Crippen LogP contribution >= 0.6 is 0 Å². The van der Waals surface area contributed by atoms with Gasteiger partial charge in [0, 0.05) is 31.7 Å². The van der Waals surface area contributed by atoms with Crippen LogP contribution in [0, 0.1) is 11.3 Å². The molecule has 1 saturated heterocycles. The lowest BCUT2D eigenvalue weighted by Gasteiger charge is -2.30. The highest BCUT2D eigenvalue weighted by atomic mass is 16.3. The van der Waals surface area contributed by atoms with Crippen LogP contribution in [-0.4, -0.2) is 61.8 Å². The minimum absolute atomic E-state index is 0.0270. The first kappa shape index (κ1) is 12.9. The van der Waals surface area contributed by atoms with Crippen LogP contribution in [0.2, 0.25) is 0 Å². The van der Waals surface area contributed by atoms with Crippen molar-refractivity contribution in [3.63, 3.8) is 0 Å². The zero-order valence-electron chi connectivity index (χ0n) is 10.7. The molecule has 1 aliphatic heterocycles. The third kappa shape index (κ3) is 4.49. The first-order valence-corrected chi connectivity index (χ1v) is 5.91. The average molecular weight is 214 g/mol. The van der Waals surface area contributed by atoms with E-state index < -0.39 is 0 Å². The Morgan fingerprint density at radius 1 is 1.47 bits per heavy atom. The number of hydrogen-bond acceptors (Lipinski definition) is 3. The van der Waals surface area contributed by atoms with Crippen molar-refractivity contribution in [2.75, 3.05) is 46.9 Å². The Kier molecular flexibility index (Phi) is 4.56. The van der Waals surface area contributed by atoms with E-state index in [9.17, 15) is 5.11 Å². The van der Waals surface area contributed by atoms with Gasteiger partial charge in [-0.25, -0.2) is 0 Å². The van der Waals surface area contributed by atoms with Crippen molar-refractivity contribution in [3.05, 3.63) is 0 Å². The van der Waals surface area contributed by atoms with E-state index in [4.69, 9.17) is 0 Å². The molecule has 0 aromatic heterocycles. The molecule has 1 fully saturated rings. The maximum atomic E-state index is 9.21. The van der Waals surface area contributed by atoms with Gasteiger partial charge in [-0.05, 0) is 33.0 Å². The summed E-state index contributed by atoms with van der Waals surface area (Å²) in [7, 11) is 4.35. The Labute approximate surface area is 94.1 Å². The topological polar surface area (TPSA) is 26.7 Å². The number of aliphatic hydroxyl groups excluding tert-OH is 1. The summed E-state index contributed by atoms with van der Waals surface area (Å²) in [5.74, 6) is 0.814. The first-order chi connectivity index (χ1) is 6.93. The Morgan fingerprint density at radius 2 is 2.13 bits per heavy atom. The van der Waals surface area contributed by atoms with Gasteiger partial charge in [-0.15, -0.1) is 0 Å². The molecule has 3 heteroatoms. The Balaban J connectivity index is 2.27. The smallest absolute Gasteiger partial charge is 0.0494 e. The lowest BCUT2D eigenvalue weighted by molar-refractivity contribution is 0.108. The predicted octanol–water partition coefficient (Wildman–Crippen LogP) is 0.888. The van der Waals surface area contributed by atoms with Gasteiger partial charge in [0.15, 0.2) is 0 Å². The van der Waals surface area contributed by atoms with Crippen LogP contribution in [-0.2, 0) is 0 Å². The van der Waals surface area contributed by atoms with Crippen molar-refractivity contribution < 1.29 is 5.11 Å². The van der Waals surface area contributed by atoms with Gasteiger partial charge < -0.3 is 14.9 Å². The van der Waals surface area contributed by atoms with E-state index in [1.165, 1.54) is 19.5 Å². The summed E-state index contributed by atoms with van der Waals surface area (Å²) in [6.07, 6.45) is 1.32. The van der Waals surface area contributed by atoms with Crippen molar-refractivity contribution in [1.29, 1.82) is 0 Å². The van der Waals surface area contributed by atoms with E-state index >= 15 is 0 Å².